The van der Waals surface area contributed by atoms with E-state index in [0.29, 0.717) is 15.4 Å². The molecule has 0 spiro atoms. The maximum atomic E-state index is 11.9. The summed E-state index contributed by atoms with van der Waals surface area (Å²) in [6.07, 6.45) is 3.21. The number of halogens is 2. The first kappa shape index (κ1) is 12.6. The largest absolute Gasteiger partial charge is 0.346 e. The molecule has 0 saturated heterocycles. The van der Waals surface area contributed by atoms with Gasteiger partial charge in [0.2, 0.25) is 0 Å². The van der Waals surface area contributed by atoms with Gasteiger partial charge in [-0.2, -0.15) is 0 Å². The van der Waals surface area contributed by atoms with E-state index in [1.165, 1.54) is 0 Å². The molecular formula is C10H12Br2N2O. The van der Waals surface area contributed by atoms with Crippen molar-refractivity contribution in [1.82, 2.24) is 10.3 Å². The fourth-order valence-corrected chi connectivity index (χ4v) is 1.54. The Kier molecular flexibility index (Phi) is 4.28. The summed E-state index contributed by atoms with van der Waals surface area (Å²) in [5.41, 5.74) is 0.332. The van der Waals surface area contributed by atoms with E-state index in [9.17, 15) is 4.79 Å². The SMILES string of the molecule is CC(C)(CBr)NC(=O)c1ccncc1Br. The number of aromatic nitrogens is 1. The zero-order valence-electron chi connectivity index (χ0n) is 8.55. The number of alkyl halides is 1. The molecule has 0 atom stereocenters. The normalized spacial score (nSPS) is 11.2. The molecule has 0 aliphatic carbocycles. The molecule has 1 rings (SSSR count). The van der Waals surface area contributed by atoms with E-state index in [-0.39, 0.29) is 11.4 Å². The van der Waals surface area contributed by atoms with Crippen molar-refractivity contribution in [3.05, 3.63) is 28.5 Å². The van der Waals surface area contributed by atoms with Gasteiger partial charge in [-0.15, -0.1) is 0 Å². The lowest BCUT2D eigenvalue weighted by Gasteiger charge is -2.23. The van der Waals surface area contributed by atoms with Crippen molar-refractivity contribution < 1.29 is 4.79 Å². The van der Waals surface area contributed by atoms with E-state index in [1.54, 1.807) is 18.5 Å². The average molecular weight is 336 g/mol. The Hall–Kier alpha value is -0.420. The molecule has 1 aromatic rings. The van der Waals surface area contributed by atoms with Crippen molar-refractivity contribution in [2.45, 2.75) is 19.4 Å². The number of amides is 1. The second kappa shape index (κ2) is 5.07. The summed E-state index contributed by atoms with van der Waals surface area (Å²) in [7, 11) is 0. The van der Waals surface area contributed by atoms with Crippen LogP contribution >= 0.6 is 31.9 Å². The van der Waals surface area contributed by atoms with Crippen molar-refractivity contribution in [3.63, 3.8) is 0 Å². The predicted molar refractivity (Wildman–Crippen MR) is 67.3 cm³/mol. The number of hydrogen-bond donors (Lipinski definition) is 1. The van der Waals surface area contributed by atoms with Crippen LogP contribution in [0.3, 0.4) is 0 Å². The minimum absolute atomic E-state index is 0.103. The van der Waals surface area contributed by atoms with Gasteiger partial charge < -0.3 is 5.32 Å². The second-order valence-corrected chi connectivity index (χ2v) is 5.24. The van der Waals surface area contributed by atoms with E-state index in [0.717, 1.165) is 0 Å². The minimum Gasteiger partial charge on any atom is -0.346 e. The van der Waals surface area contributed by atoms with Crippen LogP contribution in [0, 0.1) is 0 Å². The van der Waals surface area contributed by atoms with E-state index in [1.807, 2.05) is 13.8 Å². The summed E-state index contributed by atoms with van der Waals surface area (Å²) >= 11 is 6.64. The Morgan fingerprint density at radius 2 is 2.27 bits per heavy atom. The van der Waals surface area contributed by atoms with Gasteiger partial charge in [-0.3, -0.25) is 9.78 Å². The molecule has 0 aliphatic heterocycles. The molecule has 82 valence electrons. The van der Waals surface area contributed by atoms with Gasteiger partial charge in [0.1, 0.15) is 0 Å². The highest BCUT2D eigenvalue weighted by atomic mass is 79.9. The Morgan fingerprint density at radius 3 is 2.80 bits per heavy atom. The van der Waals surface area contributed by atoms with Gasteiger partial charge in [0.05, 0.1) is 5.56 Å². The van der Waals surface area contributed by atoms with Crippen molar-refractivity contribution >= 4 is 37.8 Å². The number of carbonyl (C=O) groups excluding carboxylic acids is 1. The van der Waals surface area contributed by atoms with Gasteiger partial charge in [-0.1, -0.05) is 15.9 Å². The van der Waals surface area contributed by atoms with Crippen LogP contribution < -0.4 is 5.32 Å². The van der Waals surface area contributed by atoms with Gasteiger partial charge >= 0.3 is 0 Å². The van der Waals surface area contributed by atoms with Crippen molar-refractivity contribution in [3.8, 4) is 0 Å². The molecule has 15 heavy (non-hydrogen) atoms. The molecular weight excluding hydrogens is 324 g/mol. The topological polar surface area (TPSA) is 42.0 Å². The maximum Gasteiger partial charge on any atom is 0.252 e. The van der Waals surface area contributed by atoms with E-state index in [2.05, 4.69) is 42.2 Å². The quantitative estimate of drug-likeness (QED) is 0.863. The lowest BCUT2D eigenvalue weighted by Crippen LogP contribution is -2.44. The van der Waals surface area contributed by atoms with Gasteiger partial charge in [-0.05, 0) is 35.8 Å². The van der Waals surface area contributed by atoms with E-state index < -0.39 is 0 Å². The minimum atomic E-state index is -0.264. The van der Waals surface area contributed by atoms with Crippen LogP contribution in [0.2, 0.25) is 0 Å². The number of pyridine rings is 1. The predicted octanol–water partition coefficient (Wildman–Crippen LogP) is 2.75. The molecule has 0 bridgehead atoms. The molecule has 1 amide bonds. The first-order valence-electron chi connectivity index (χ1n) is 4.44. The van der Waals surface area contributed by atoms with Gasteiger partial charge in [0, 0.05) is 27.7 Å². The zero-order valence-corrected chi connectivity index (χ0v) is 11.7. The molecule has 0 aromatic carbocycles. The lowest BCUT2D eigenvalue weighted by atomic mass is 10.1. The van der Waals surface area contributed by atoms with Gasteiger partial charge in [-0.25, -0.2) is 0 Å². The summed E-state index contributed by atoms with van der Waals surface area (Å²) < 4.78 is 0.702. The Labute approximate surface area is 106 Å². The summed E-state index contributed by atoms with van der Waals surface area (Å²) in [5, 5.41) is 3.62. The Morgan fingerprint density at radius 1 is 1.60 bits per heavy atom. The van der Waals surface area contributed by atoms with Crippen LogP contribution in [0.5, 0.6) is 0 Å². The molecule has 0 fully saturated rings. The Bertz CT molecular complexity index is 366. The average Bonchev–Trinajstić information content (AvgIpc) is 2.17. The third kappa shape index (κ3) is 3.57. The fourth-order valence-electron chi connectivity index (χ4n) is 0.967. The molecule has 0 unspecified atom stereocenters. The molecule has 0 saturated carbocycles. The third-order valence-electron chi connectivity index (χ3n) is 1.80. The summed E-state index contributed by atoms with van der Waals surface area (Å²) in [6.45, 7) is 3.91. The highest BCUT2D eigenvalue weighted by Crippen LogP contribution is 2.16. The molecule has 3 nitrogen and oxygen atoms in total. The zero-order chi connectivity index (χ0) is 11.5. The molecule has 1 heterocycles. The Balaban J connectivity index is 2.83. The van der Waals surface area contributed by atoms with E-state index in [4.69, 9.17) is 0 Å². The van der Waals surface area contributed by atoms with Crippen LogP contribution in [0.15, 0.2) is 22.9 Å². The summed E-state index contributed by atoms with van der Waals surface area (Å²) in [6, 6.07) is 1.68. The molecule has 5 heteroatoms. The highest BCUT2D eigenvalue weighted by molar-refractivity contribution is 9.10. The highest BCUT2D eigenvalue weighted by Gasteiger charge is 2.20. The van der Waals surface area contributed by atoms with Crippen LogP contribution in [0.1, 0.15) is 24.2 Å². The molecule has 0 aliphatic rings. The fraction of sp³-hybridized carbons (Fsp3) is 0.400. The molecule has 0 radical (unpaired) electrons. The molecule has 1 aromatic heterocycles. The number of carbonyl (C=O) groups is 1. The number of rotatable bonds is 3. The van der Waals surface area contributed by atoms with Crippen molar-refractivity contribution in [1.29, 1.82) is 0 Å². The van der Waals surface area contributed by atoms with Crippen molar-refractivity contribution in [2.24, 2.45) is 0 Å². The standard InChI is InChI=1S/C10H12Br2N2O/c1-10(2,6-11)14-9(15)7-3-4-13-5-8(7)12/h3-5H,6H2,1-2H3,(H,14,15). The van der Waals surface area contributed by atoms with Crippen LogP contribution in [0.25, 0.3) is 0 Å². The molecule has 1 N–H and O–H groups in total. The van der Waals surface area contributed by atoms with Gasteiger partial charge in [0.15, 0.2) is 0 Å². The van der Waals surface area contributed by atoms with E-state index >= 15 is 0 Å². The summed E-state index contributed by atoms with van der Waals surface area (Å²) in [4.78, 5) is 15.8. The number of nitrogens with one attached hydrogen (secondary N) is 1. The smallest absolute Gasteiger partial charge is 0.252 e. The third-order valence-corrected chi connectivity index (χ3v) is 3.84. The number of hydrogen-bond acceptors (Lipinski definition) is 2. The maximum absolute atomic E-state index is 11.9. The van der Waals surface area contributed by atoms with Crippen LogP contribution in [0.4, 0.5) is 0 Å². The first-order chi connectivity index (χ1) is 6.96. The van der Waals surface area contributed by atoms with Crippen LogP contribution in [-0.4, -0.2) is 21.8 Å². The van der Waals surface area contributed by atoms with Gasteiger partial charge in [0.25, 0.3) is 5.91 Å². The lowest BCUT2D eigenvalue weighted by molar-refractivity contribution is 0.0920. The van der Waals surface area contributed by atoms with Crippen molar-refractivity contribution in [2.75, 3.05) is 5.33 Å². The second-order valence-electron chi connectivity index (χ2n) is 3.83. The van der Waals surface area contributed by atoms with Crippen LogP contribution in [-0.2, 0) is 0 Å². The number of nitrogens with zero attached hydrogens (tertiary/aromatic N) is 1. The monoisotopic (exact) mass is 334 g/mol. The first-order valence-corrected chi connectivity index (χ1v) is 6.36. The summed E-state index contributed by atoms with van der Waals surface area (Å²) in [5.74, 6) is -0.103.